The first-order valence-corrected chi connectivity index (χ1v) is 7.80. The summed E-state index contributed by atoms with van der Waals surface area (Å²) in [5.41, 5.74) is 7.30. The molecule has 1 aliphatic rings. The van der Waals surface area contributed by atoms with Crippen molar-refractivity contribution >= 4 is 23.0 Å². The molecule has 1 aromatic rings. The summed E-state index contributed by atoms with van der Waals surface area (Å²) in [7, 11) is 0. The van der Waals surface area contributed by atoms with Crippen LogP contribution in [-0.4, -0.2) is 27.4 Å². The highest BCUT2D eigenvalue weighted by Gasteiger charge is 2.20. The van der Waals surface area contributed by atoms with Crippen molar-refractivity contribution in [2.75, 3.05) is 11.9 Å². The molecule has 0 saturated heterocycles. The molecule has 0 atom stereocenters. The lowest BCUT2D eigenvalue weighted by Crippen LogP contribution is -2.22. The number of nitrogens with two attached hydrogens (primary N) is 1. The van der Waals surface area contributed by atoms with E-state index in [0.29, 0.717) is 42.4 Å². The highest BCUT2D eigenvalue weighted by molar-refractivity contribution is 6.22. The Bertz CT molecular complexity index is 777. The molecule has 1 aliphatic carbocycles. The van der Waals surface area contributed by atoms with E-state index in [1.165, 1.54) is 6.08 Å². The molecule has 7 heteroatoms. The number of ketones is 1. The average Bonchev–Trinajstić information content (AvgIpc) is 2.77. The maximum absolute atomic E-state index is 12.6. The topological polar surface area (TPSA) is 94.4 Å². The van der Waals surface area contributed by atoms with E-state index < -0.39 is 0 Å². The van der Waals surface area contributed by atoms with Crippen molar-refractivity contribution in [3.05, 3.63) is 33.8 Å². The molecule has 1 aromatic heterocycles. The summed E-state index contributed by atoms with van der Waals surface area (Å²) >= 11 is 0. The molecule has 0 amide bonds. The Hall–Kier alpha value is -2.57. The zero-order valence-electron chi connectivity index (χ0n) is 14.0. The average molecular weight is 317 g/mol. The van der Waals surface area contributed by atoms with Crippen LogP contribution in [0.15, 0.2) is 33.2 Å². The van der Waals surface area contributed by atoms with Gasteiger partial charge in [-0.25, -0.2) is 9.67 Å². The van der Waals surface area contributed by atoms with Crippen LogP contribution in [0, 0.1) is 0 Å². The van der Waals surface area contributed by atoms with Gasteiger partial charge in [-0.1, -0.05) is 0 Å². The number of carbonyl (C=O) groups excluding carboxylic acids is 1. The second-order valence-corrected chi connectivity index (χ2v) is 5.25. The largest absolute Gasteiger partial charge is 0.397 e. The first kappa shape index (κ1) is 16.8. The van der Waals surface area contributed by atoms with Crippen LogP contribution in [0.5, 0.6) is 0 Å². The Morgan fingerprint density at radius 2 is 1.78 bits per heavy atom. The number of allylic oxidation sites excluding steroid dienone is 3. The van der Waals surface area contributed by atoms with E-state index in [1.807, 2.05) is 25.5 Å². The number of hydrogen-bond donors (Lipinski definition) is 2. The highest BCUT2D eigenvalue weighted by atomic mass is 16.1. The van der Waals surface area contributed by atoms with Gasteiger partial charge in [-0.3, -0.25) is 14.3 Å². The van der Waals surface area contributed by atoms with Crippen molar-refractivity contribution in [1.29, 1.82) is 0 Å². The molecule has 0 unspecified atom stereocenters. The SMILES string of the molecule is CCNc1c(/N=C2\C=C(C)C(=O)C=C2N)c(=O)n(CC)n1CC. The summed E-state index contributed by atoms with van der Waals surface area (Å²) < 4.78 is 3.51. The van der Waals surface area contributed by atoms with Gasteiger partial charge in [-0.2, -0.15) is 0 Å². The number of anilines is 1. The minimum absolute atomic E-state index is 0.134. The van der Waals surface area contributed by atoms with Crippen molar-refractivity contribution in [3.8, 4) is 0 Å². The molecule has 2 rings (SSSR count). The van der Waals surface area contributed by atoms with Crippen molar-refractivity contribution in [1.82, 2.24) is 9.36 Å². The summed E-state index contributed by atoms with van der Waals surface area (Å²) in [5, 5.41) is 3.20. The fourth-order valence-corrected chi connectivity index (χ4v) is 2.57. The Morgan fingerprint density at radius 1 is 1.13 bits per heavy atom. The van der Waals surface area contributed by atoms with E-state index in [-0.39, 0.29) is 17.0 Å². The Morgan fingerprint density at radius 3 is 2.35 bits per heavy atom. The summed E-state index contributed by atoms with van der Waals surface area (Å²) in [5.74, 6) is 0.538. The molecule has 0 fully saturated rings. The number of aromatic nitrogens is 2. The second kappa shape index (κ2) is 6.68. The third kappa shape index (κ3) is 2.99. The van der Waals surface area contributed by atoms with Gasteiger partial charge in [-0.05, 0) is 39.3 Å². The summed E-state index contributed by atoms with van der Waals surface area (Å²) in [4.78, 5) is 28.7. The van der Waals surface area contributed by atoms with Gasteiger partial charge in [0.1, 0.15) is 0 Å². The Kier molecular flexibility index (Phi) is 4.88. The van der Waals surface area contributed by atoms with Crippen LogP contribution in [0.2, 0.25) is 0 Å². The molecular weight excluding hydrogens is 294 g/mol. The number of nitrogens with one attached hydrogen (secondary N) is 1. The van der Waals surface area contributed by atoms with Crippen molar-refractivity contribution < 1.29 is 4.79 Å². The van der Waals surface area contributed by atoms with E-state index in [9.17, 15) is 9.59 Å². The van der Waals surface area contributed by atoms with Crippen molar-refractivity contribution in [2.45, 2.75) is 40.8 Å². The predicted octanol–water partition coefficient (Wildman–Crippen LogP) is 1.57. The van der Waals surface area contributed by atoms with E-state index in [2.05, 4.69) is 10.3 Å². The Balaban J connectivity index is 2.66. The molecule has 0 saturated carbocycles. The lowest BCUT2D eigenvalue weighted by Gasteiger charge is -2.12. The van der Waals surface area contributed by atoms with Gasteiger partial charge in [0.2, 0.25) is 0 Å². The van der Waals surface area contributed by atoms with Crippen LogP contribution >= 0.6 is 0 Å². The number of nitrogens with zero attached hydrogens (tertiary/aromatic N) is 3. The van der Waals surface area contributed by atoms with Crippen LogP contribution in [0.25, 0.3) is 0 Å². The van der Waals surface area contributed by atoms with Crippen LogP contribution in [-0.2, 0) is 17.9 Å². The lowest BCUT2D eigenvalue weighted by molar-refractivity contribution is -0.111. The van der Waals surface area contributed by atoms with Crippen LogP contribution in [0.1, 0.15) is 27.7 Å². The molecule has 0 bridgehead atoms. The second-order valence-electron chi connectivity index (χ2n) is 5.25. The minimum Gasteiger partial charge on any atom is -0.397 e. The van der Waals surface area contributed by atoms with E-state index >= 15 is 0 Å². The maximum Gasteiger partial charge on any atom is 0.294 e. The van der Waals surface area contributed by atoms with Crippen molar-refractivity contribution in [2.24, 2.45) is 10.7 Å². The third-order valence-corrected chi connectivity index (χ3v) is 3.71. The fourth-order valence-electron chi connectivity index (χ4n) is 2.57. The van der Waals surface area contributed by atoms with Crippen LogP contribution in [0.3, 0.4) is 0 Å². The molecule has 0 aliphatic heterocycles. The fraction of sp³-hybridized carbons (Fsp3) is 0.438. The van der Waals surface area contributed by atoms with Gasteiger partial charge in [0.05, 0.1) is 11.4 Å². The van der Waals surface area contributed by atoms with Crippen LogP contribution < -0.4 is 16.6 Å². The van der Waals surface area contributed by atoms with Gasteiger partial charge in [0.15, 0.2) is 17.3 Å². The predicted molar refractivity (Wildman–Crippen MR) is 92.3 cm³/mol. The van der Waals surface area contributed by atoms with E-state index in [4.69, 9.17) is 5.73 Å². The normalized spacial score (nSPS) is 16.5. The molecule has 7 nitrogen and oxygen atoms in total. The molecule has 0 aromatic carbocycles. The number of aliphatic imine (C=N–C) groups is 1. The smallest absolute Gasteiger partial charge is 0.294 e. The molecular formula is C16H23N5O2. The Labute approximate surface area is 135 Å². The maximum atomic E-state index is 12.6. The number of hydrogen-bond acceptors (Lipinski definition) is 5. The molecule has 0 spiro atoms. The minimum atomic E-state index is -0.173. The van der Waals surface area contributed by atoms with Crippen molar-refractivity contribution in [3.63, 3.8) is 0 Å². The molecule has 3 N–H and O–H groups in total. The lowest BCUT2D eigenvalue weighted by atomic mass is 10.0. The molecule has 23 heavy (non-hydrogen) atoms. The van der Waals surface area contributed by atoms with Gasteiger partial charge in [0.25, 0.3) is 5.56 Å². The van der Waals surface area contributed by atoms with Gasteiger partial charge < -0.3 is 11.1 Å². The third-order valence-electron chi connectivity index (χ3n) is 3.71. The molecule has 1 heterocycles. The zero-order valence-corrected chi connectivity index (χ0v) is 14.0. The first-order valence-electron chi connectivity index (χ1n) is 7.80. The quantitative estimate of drug-likeness (QED) is 0.806. The first-order chi connectivity index (χ1) is 10.9. The van der Waals surface area contributed by atoms with Crippen LogP contribution in [0.4, 0.5) is 11.5 Å². The number of rotatable bonds is 5. The molecule has 0 radical (unpaired) electrons. The standard InChI is InChI=1S/C16H23N5O2/c1-5-18-15-14(16(23)21(7-3)20(15)6-2)19-12-8-10(4)13(22)9-11(12)17/h8-9,18H,5-7,17H2,1-4H3/b19-12+. The molecule has 124 valence electrons. The monoisotopic (exact) mass is 317 g/mol. The zero-order chi connectivity index (χ0) is 17.1. The van der Waals surface area contributed by atoms with E-state index in [1.54, 1.807) is 17.7 Å². The number of carbonyl (C=O) groups is 1. The van der Waals surface area contributed by atoms with Gasteiger partial charge >= 0.3 is 0 Å². The van der Waals surface area contributed by atoms with Gasteiger partial charge in [-0.15, -0.1) is 0 Å². The van der Waals surface area contributed by atoms with E-state index in [0.717, 1.165) is 0 Å². The van der Waals surface area contributed by atoms with Gasteiger partial charge in [0, 0.05) is 25.7 Å². The highest BCUT2D eigenvalue weighted by Crippen LogP contribution is 2.24. The summed E-state index contributed by atoms with van der Waals surface area (Å²) in [6.45, 7) is 9.42. The summed E-state index contributed by atoms with van der Waals surface area (Å²) in [6.07, 6.45) is 2.96. The summed E-state index contributed by atoms with van der Waals surface area (Å²) in [6, 6.07) is 0.